The van der Waals surface area contributed by atoms with Crippen LogP contribution in [-0.2, 0) is 29.6 Å². The summed E-state index contributed by atoms with van der Waals surface area (Å²) in [5.41, 5.74) is 6.83. The van der Waals surface area contributed by atoms with Crippen LogP contribution >= 0.6 is 0 Å². The van der Waals surface area contributed by atoms with Gasteiger partial charge in [0.25, 0.3) is 15.9 Å². The third-order valence-corrected chi connectivity index (χ3v) is 8.51. The van der Waals surface area contributed by atoms with Gasteiger partial charge in [-0.05, 0) is 86.3 Å². The fourth-order valence-corrected chi connectivity index (χ4v) is 5.82. The lowest BCUT2D eigenvalue weighted by atomic mass is 10.0. The van der Waals surface area contributed by atoms with E-state index in [9.17, 15) is 34.8 Å². The fraction of sp³-hybridized carbons (Fsp3) is 0.233. The van der Waals surface area contributed by atoms with Crippen LogP contribution in [0.3, 0.4) is 0 Å². The number of anilines is 2. The molecule has 0 spiro atoms. The number of carbonyl (C=O) groups excluding carboxylic acids is 1. The molecule has 0 bridgehead atoms. The van der Waals surface area contributed by atoms with Crippen LogP contribution in [0, 0.1) is 0 Å². The number of amides is 1. The first-order valence-corrected chi connectivity index (χ1v) is 17.1. The summed E-state index contributed by atoms with van der Waals surface area (Å²) in [6.07, 6.45) is -3.68. The van der Waals surface area contributed by atoms with Crippen LogP contribution in [-0.4, -0.2) is 57.7 Å². The van der Waals surface area contributed by atoms with Gasteiger partial charge in [-0.2, -0.15) is 13.2 Å². The largest absolute Gasteiger partial charge is 0.490 e. The number of nitrogens with zero attached hydrogens (tertiary/aromatic N) is 1. The van der Waals surface area contributed by atoms with Crippen LogP contribution in [0.25, 0.3) is 10.8 Å². The van der Waals surface area contributed by atoms with Crippen molar-refractivity contribution in [1.29, 1.82) is 0 Å². The number of nitrogen functional groups attached to an aromatic ring is 1. The van der Waals surface area contributed by atoms with E-state index in [0.29, 0.717) is 40.6 Å². The second-order valence-electron chi connectivity index (χ2n) is 10.3. The van der Waals surface area contributed by atoms with Gasteiger partial charge in [-0.25, -0.2) is 36.5 Å². The van der Waals surface area contributed by atoms with Crippen LogP contribution in [0.1, 0.15) is 32.4 Å². The van der Waals surface area contributed by atoms with E-state index in [1.165, 1.54) is 6.07 Å². The van der Waals surface area contributed by atoms with Crippen molar-refractivity contribution in [3.05, 3.63) is 78.5 Å². The van der Waals surface area contributed by atoms with Gasteiger partial charge in [-0.3, -0.25) is 4.79 Å². The molecule has 0 aliphatic carbocycles. The topological polar surface area (TPSA) is 230 Å². The Kier molecular flexibility index (Phi) is 12.0. The standard InChI is InChI=1S/C28H31N5O7S2.C2HF3O2/c1-4-39-25-15-19(8-11-24(25)40-17(2)3)26(32-20-9-10-23-18(14-20)12-13-31-27(23)29)28(34)33-42(37,38)22-7-5-6-21(16-22)41(30,35)36;3-2(4,5)1(6)7/h5-17,26,32H,4H2,1-3H3,(H2,29,31)(H,33,34)(H2,30,35,36);(H,6,7). The minimum absolute atomic E-state index is 0.148. The Morgan fingerprint density at radius 3 is 2.20 bits per heavy atom. The van der Waals surface area contributed by atoms with Gasteiger partial charge in [-0.1, -0.05) is 12.1 Å². The number of carbonyl (C=O) groups is 2. The van der Waals surface area contributed by atoms with Crippen molar-refractivity contribution in [1.82, 2.24) is 9.71 Å². The van der Waals surface area contributed by atoms with Crippen molar-refractivity contribution in [2.75, 3.05) is 17.7 Å². The number of hydrogen-bond donors (Lipinski definition) is 5. The second-order valence-corrected chi connectivity index (χ2v) is 13.6. The van der Waals surface area contributed by atoms with Crippen LogP contribution in [0.5, 0.6) is 11.5 Å². The number of nitrogens with one attached hydrogen (secondary N) is 2. The van der Waals surface area contributed by atoms with Crippen molar-refractivity contribution in [3.8, 4) is 11.5 Å². The van der Waals surface area contributed by atoms with Gasteiger partial charge in [0.05, 0.1) is 22.5 Å². The number of hydrogen-bond acceptors (Lipinski definition) is 11. The highest BCUT2D eigenvalue weighted by molar-refractivity contribution is 7.90. The maximum atomic E-state index is 13.7. The Bertz CT molecular complexity index is 2060. The van der Waals surface area contributed by atoms with Crippen molar-refractivity contribution in [2.24, 2.45) is 5.14 Å². The number of rotatable bonds is 11. The molecule has 19 heteroatoms. The predicted octanol–water partition coefficient (Wildman–Crippen LogP) is 3.94. The van der Waals surface area contributed by atoms with Gasteiger partial charge < -0.3 is 25.6 Å². The number of carboxylic acids is 1. The van der Waals surface area contributed by atoms with Gasteiger partial charge in [0.1, 0.15) is 11.9 Å². The van der Waals surface area contributed by atoms with E-state index in [-0.39, 0.29) is 6.10 Å². The van der Waals surface area contributed by atoms with Crippen molar-refractivity contribution in [2.45, 2.75) is 48.9 Å². The first-order chi connectivity index (χ1) is 22.7. The summed E-state index contributed by atoms with van der Waals surface area (Å²) >= 11 is 0. The van der Waals surface area contributed by atoms with E-state index in [1.807, 2.05) is 18.6 Å². The van der Waals surface area contributed by atoms with E-state index < -0.39 is 53.9 Å². The number of carboxylic acid groups (broad SMARTS) is 1. The van der Waals surface area contributed by atoms with Gasteiger partial charge in [0, 0.05) is 17.3 Å². The number of ether oxygens (including phenoxy) is 2. The lowest BCUT2D eigenvalue weighted by Crippen LogP contribution is -2.37. The molecule has 0 saturated heterocycles. The highest BCUT2D eigenvalue weighted by Crippen LogP contribution is 2.34. The second kappa shape index (κ2) is 15.4. The van der Waals surface area contributed by atoms with Crippen LogP contribution in [0.15, 0.2) is 82.7 Å². The number of halogens is 3. The Hall–Kier alpha value is -5.14. The molecule has 49 heavy (non-hydrogen) atoms. The number of sulfonamides is 2. The molecule has 4 rings (SSSR count). The van der Waals surface area contributed by atoms with Crippen LogP contribution in [0.4, 0.5) is 24.7 Å². The van der Waals surface area contributed by atoms with Crippen LogP contribution in [0.2, 0.25) is 0 Å². The van der Waals surface area contributed by atoms with E-state index in [2.05, 4.69) is 10.3 Å². The van der Waals surface area contributed by atoms with Crippen LogP contribution < -0.4 is 30.4 Å². The Morgan fingerprint density at radius 2 is 1.61 bits per heavy atom. The minimum Gasteiger partial charge on any atom is -0.490 e. The fourth-order valence-electron chi connectivity index (χ4n) is 4.15. The first-order valence-electron chi connectivity index (χ1n) is 14.1. The summed E-state index contributed by atoms with van der Waals surface area (Å²) in [4.78, 5) is 25.8. The summed E-state index contributed by atoms with van der Waals surface area (Å²) in [7, 11) is -8.70. The number of primary sulfonamides is 1. The molecule has 1 unspecified atom stereocenters. The predicted molar refractivity (Wildman–Crippen MR) is 173 cm³/mol. The van der Waals surface area contributed by atoms with E-state index in [1.54, 1.807) is 55.6 Å². The highest BCUT2D eigenvalue weighted by Gasteiger charge is 2.38. The number of alkyl halides is 3. The monoisotopic (exact) mass is 727 g/mol. The summed E-state index contributed by atoms with van der Waals surface area (Å²) in [5.74, 6) is -2.54. The number of pyridine rings is 1. The number of benzene rings is 3. The summed E-state index contributed by atoms with van der Waals surface area (Å²) in [6, 6.07) is 14.9. The summed E-state index contributed by atoms with van der Waals surface area (Å²) in [6.45, 7) is 5.83. The molecule has 3 aromatic carbocycles. The lowest BCUT2D eigenvalue weighted by Gasteiger charge is -2.22. The molecule has 0 radical (unpaired) electrons. The Balaban J connectivity index is 0.000000838. The minimum atomic E-state index is -5.08. The summed E-state index contributed by atoms with van der Waals surface area (Å²) < 4.78 is 95.3. The molecule has 14 nitrogen and oxygen atoms in total. The third kappa shape index (κ3) is 10.4. The lowest BCUT2D eigenvalue weighted by molar-refractivity contribution is -0.192. The number of aromatic nitrogens is 1. The average Bonchev–Trinajstić information content (AvgIpc) is 3.00. The zero-order valence-corrected chi connectivity index (χ0v) is 27.7. The van der Waals surface area contributed by atoms with Gasteiger partial charge >= 0.3 is 12.1 Å². The number of aliphatic carboxylic acids is 1. The Morgan fingerprint density at radius 1 is 0.959 bits per heavy atom. The molecule has 264 valence electrons. The quantitative estimate of drug-likeness (QED) is 0.148. The van der Waals surface area contributed by atoms with Gasteiger partial charge in [0.15, 0.2) is 11.5 Å². The smallest absolute Gasteiger partial charge is 0.490 e. The van der Waals surface area contributed by atoms with E-state index in [0.717, 1.165) is 23.6 Å². The van der Waals surface area contributed by atoms with Crippen molar-refractivity contribution < 1.29 is 54.2 Å². The SMILES string of the molecule is CCOc1cc(C(Nc2ccc3c(N)nccc3c2)C(=O)NS(=O)(=O)c2cccc(S(N)(=O)=O)c2)ccc1OC(C)C.O=C(O)C(F)(F)F. The molecule has 0 saturated carbocycles. The average molecular weight is 728 g/mol. The molecule has 1 aromatic heterocycles. The van der Waals surface area contributed by atoms with Gasteiger partial charge in [-0.15, -0.1) is 0 Å². The van der Waals surface area contributed by atoms with Gasteiger partial charge in [0.2, 0.25) is 10.0 Å². The maximum absolute atomic E-state index is 13.7. The molecular formula is C30H32F3N5O9S2. The molecule has 1 heterocycles. The molecule has 1 amide bonds. The molecule has 1 atom stereocenters. The third-order valence-electron chi connectivity index (χ3n) is 6.25. The first kappa shape index (κ1) is 38.3. The molecule has 0 fully saturated rings. The normalized spacial score (nSPS) is 12.4. The molecular weight excluding hydrogens is 695 g/mol. The Labute approximate surface area is 279 Å². The van der Waals surface area contributed by atoms with E-state index >= 15 is 0 Å². The van der Waals surface area contributed by atoms with Crippen molar-refractivity contribution in [3.63, 3.8) is 0 Å². The number of fused-ring (bicyclic) bond motifs is 1. The highest BCUT2D eigenvalue weighted by atomic mass is 32.2. The van der Waals surface area contributed by atoms with E-state index in [4.69, 9.17) is 30.2 Å². The summed E-state index contributed by atoms with van der Waals surface area (Å²) in [5, 5.41) is 16.8. The molecule has 0 aliphatic heterocycles. The zero-order chi connectivity index (χ0) is 36.7. The maximum Gasteiger partial charge on any atom is 0.490 e. The van der Waals surface area contributed by atoms with Crippen molar-refractivity contribution >= 4 is 54.2 Å². The molecule has 7 N–H and O–H groups in total. The molecule has 0 aliphatic rings. The molecule has 4 aromatic rings. The zero-order valence-electron chi connectivity index (χ0n) is 26.1. The number of nitrogens with two attached hydrogens (primary N) is 2.